The first-order valence-electron chi connectivity index (χ1n) is 6.72. The minimum atomic E-state index is 0.103. The number of carbonyl (C=O) groups is 1. The van der Waals surface area contributed by atoms with Gasteiger partial charge in [0.2, 0.25) is 0 Å². The summed E-state index contributed by atoms with van der Waals surface area (Å²) in [6.45, 7) is 2.45. The molecule has 1 atom stereocenters. The second-order valence-corrected chi connectivity index (χ2v) is 6.34. The first-order valence-corrected chi connectivity index (χ1v) is 7.89. The number of benzene rings is 2. The van der Waals surface area contributed by atoms with Crippen molar-refractivity contribution < 1.29 is 4.79 Å². The Morgan fingerprint density at radius 1 is 1.19 bits per heavy atom. The molecule has 0 aromatic heterocycles. The van der Waals surface area contributed by atoms with Crippen LogP contribution in [0.25, 0.3) is 0 Å². The number of rotatable bonds is 5. The van der Waals surface area contributed by atoms with Crippen LogP contribution in [-0.2, 0) is 0 Å². The van der Waals surface area contributed by atoms with E-state index in [2.05, 4.69) is 22.9 Å². The highest BCUT2D eigenvalue weighted by atomic mass is 79.9. The summed E-state index contributed by atoms with van der Waals surface area (Å²) in [5.74, 6) is 0.103. The molecule has 0 aliphatic rings. The van der Waals surface area contributed by atoms with Gasteiger partial charge in [-0.1, -0.05) is 57.9 Å². The quantitative estimate of drug-likeness (QED) is 0.696. The summed E-state index contributed by atoms with van der Waals surface area (Å²) in [6.07, 6.45) is 0. The minimum absolute atomic E-state index is 0.103. The topological polar surface area (TPSA) is 20.3 Å². The Kier molecular flexibility index (Phi) is 5.57. The molecule has 0 radical (unpaired) electrons. The average molecular weight is 367 g/mol. The van der Waals surface area contributed by atoms with E-state index in [-0.39, 0.29) is 11.8 Å². The van der Waals surface area contributed by atoms with Crippen molar-refractivity contribution in [3.05, 3.63) is 69.2 Å². The fraction of sp³-hybridized carbons (Fsp3) is 0.235. The molecule has 0 bridgehead atoms. The summed E-state index contributed by atoms with van der Waals surface area (Å²) >= 11 is 9.33. The molecule has 0 saturated heterocycles. The van der Waals surface area contributed by atoms with Gasteiger partial charge in [0.25, 0.3) is 0 Å². The van der Waals surface area contributed by atoms with Crippen LogP contribution in [0.15, 0.2) is 53.0 Å². The zero-order valence-electron chi connectivity index (χ0n) is 12.0. The van der Waals surface area contributed by atoms with Crippen molar-refractivity contribution in [3.8, 4) is 0 Å². The third-order valence-electron chi connectivity index (χ3n) is 3.58. The summed E-state index contributed by atoms with van der Waals surface area (Å²) in [5, 5.41) is 0.720. The number of nitrogens with zero attached hydrogens (tertiary/aromatic N) is 1. The van der Waals surface area contributed by atoms with Gasteiger partial charge in [-0.25, -0.2) is 0 Å². The van der Waals surface area contributed by atoms with Crippen molar-refractivity contribution >= 4 is 33.3 Å². The fourth-order valence-electron chi connectivity index (χ4n) is 2.13. The van der Waals surface area contributed by atoms with E-state index in [1.165, 1.54) is 0 Å². The van der Waals surface area contributed by atoms with Crippen molar-refractivity contribution in [1.29, 1.82) is 0 Å². The second-order valence-electron chi connectivity index (χ2n) is 5.05. The second kappa shape index (κ2) is 7.21. The van der Waals surface area contributed by atoms with Gasteiger partial charge in [-0.15, -0.1) is 0 Å². The van der Waals surface area contributed by atoms with E-state index in [9.17, 15) is 4.79 Å². The summed E-state index contributed by atoms with van der Waals surface area (Å²) < 4.78 is 0.836. The monoisotopic (exact) mass is 365 g/mol. The SMILES string of the molecule is CC(c1ccc(Cl)cc1)N(C)CC(=O)c1ccccc1Br. The Hall–Kier alpha value is -1.16. The van der Waals surface area contributed by atoms with Crippen LogP contribution < -0.4 is 0 Å². The smallest absolute Gasteiger partial charge is 0.177 e. The Morgan fingerprint density at radius 3 is 2.43 bits per heavy atom. The molecule has 0 fully saturated rings. The van der Waals surface area contributed by atoms with Gasteiger partial charge >= 0.3 is 0 Å². The highest BCUT2D eigenvalue weighted by Crippen LogP contribution is 2.22. The lowest BCUT2D eigenvalue weighted by atomic mass is 10.1. The number of hydrogen-bond acceptors (Lipinski definition) is 2. The van der Waals surface area contributed by atoms with Crippen molar-refractivity contribution in [2.24, 2.45) is 0 Å². The van der Waals surface area contributed by atoms with Crippen LogP contribution in [0.2, 0.25) is 5.02 Å². The first kappa shape index (κ1) is 16.2. The third-order valence-corrected chi connectivity index (χ3v) is 4.52. The third kappa shape index (κ3) is 4.16. The van der Waals surface area contributed by atoms with Crippen LogP contribution in [0.3, 0.4) is 0 Å². The van der Waals surface area contributed by atoms with Crippen molar-refractivity contribution in [2.45, 2.75) is 13.0 Å². The predicted molar refractivity (Wildman–Crippen MR) is 91.0 cm³/mol. The summed E-state index contributed by atoms with van der Waals surface area (Å²) in [4.78, 5) is 14.4. The van der Waals surface area contributed by atoms with Crippen LogP contribution in [0.1, 0.15) is 28.9 Å². The molecule has 2 aromatic carbocycles. The normalized spacial score (nSPS) is 12.4. The van der Waals surface area contributed by atoms with E-state index in [0.717, 1.165) is 15.1 Å². The standard InChI is InChI=1S/C17H17BrClNO/c1-12(13-7-9-14(19)10-8-13)20(2)11-17(21)15-5-3-4-6-16(15)18/h3-10,12H,11H2,1-2H3. The first-order chi connectivity index (χ1) is 9.99. The lowest BCUT2D eigenvalue weighted by molar-refractivity contribution is 0.0924. The van der Waals surface area contributed by atoms with E-state index in [1.54, 1.807) is 0 Å². The van der Waals surface area contributed by atoms with Crippen LogP contribution >= 0.6 is 27.5 Å². The van der Waals surface area contributed by atoms with Gasteiger partial charge < -0.3 is 0 Å². The van der Waals surface area contributed by atoms with E-state index in [1.807, 2.05) is 60.5 Å². The van der Waals surface area contributed by atoms with E-state index < -0.39 is 0 Å². The largest absolute Gasteiger partial charge is 0.293 e. The van der Waals surface area contributed by atoms with Crippen LogP contribution in [0.4, 0.5) is 0 Å². The van der Waals surface area contributed by atoms with Gasteiger partial charge in [0, 0.05) is 21.1 Å². The van der Waals surface area contributed by atoms with Crippen molar-refractivity contribution in [3.63, 3.8) is 0 Å². The molecule has 0 heterocycles. The molecule has 1 unspecified atom stereocenters. The molecule has 110 valence electrons. The van der Waals surface area contributed by atoms with Gasteiger partial charge in [-0.05, 0) is 37.7 Å². The molecule has 0 N–H and O–H groups in total. The van der Waals surface area contributed by atoms with E-state index in [0.29, 0.717) is 12.1 Å². The fourth-order valence-corrected chi connectivity index (χ4v) is 2.76. The number of ketones is 1. The molecule has 2 nitrogen and oxygen atoms in total. The lowest BCUT2D eigenvalue weighted by Gasteiger charge is -2.24. The summed E-state index contributed by atoms with van der Waals surface area (Å²) in [7, 11) is 1.95. The van der Waals surface area contributed by atoms with Gasteiger partial charge in [-0.2, -0.15) is 0 Å². The van der Waals surface area contributed by atoms with Crippen molar-refractivity contribution in [1.82, 2.24) is 4.90 Å². The van der Waals surface area contributed by atoms with Crippen molar-refractivity contribution in [2.75, 3.05) is 13.6 Å². The van der Waals surface area contributed by atoms with Crippen LogP contribution in [0, 0.1) is 0 Å². The Balaban J connectivity index is 2.07. The Morgan fingerprint density at radius 2 is 1.81 bits per heavy atom. The van der Waals surface area contributed by atoms with Crippen LogP contribution in [-0.4, -0.2) is 24.3 Å². The van der Waals surface area contributed by atoms with E-state index >= 15 is 0 Å². The summed E-state index contributed by atoms with van der Waals surface area (Å²) in [6, 6.07) is 15.4. The molecular formula is C17H17BrClNO. The lowest BCUT2D eigenvalue weighted by Crippen LogP contribution is -2.29. The molecule has 0 aliphatic heterocycles. The number of halogens is 2. The maximum Gasteiger partial charge on any atom is 0.177 e. The van der Waals surface area contributed by atoms with E-state index in [4.69, 9.17) is 11.6 Å². The highest BCUT2D eigenvalue weighted by Gasteiger charge is 2.17. The Bertz CT molecular complexity index is 627. The zero-order chi connectivity index (χ0) is 15.4. The highest BCUT2D eigenvalue weighted by molar-refractivity contribution is 9.10. The number of Topliss-reactive ketones (excluding diaryl/α,β-unsaturated/α-hetero) is 1. The Labute approximate surface area is 138 Å². The molecule has 0 amide bonds. The van der Waals surface area contributed by atoms with Crippen LogP contribution in [0.5, 0.6) is 0 Å². The number of hydrogen-bond donors (Lipinski definition) is 0. The summed E-state index contributed by atoms with van der Waals surface area (Å²) in [5.41, 5.74) is 1.86. The molecule has 0 aliphatic carbocycles. The molecule has 0 spiro atoms. The number of carbonyl (C=O) groups excluding carboxylic acids is 1. The predicted octanol–water partition coefficient (Wildman–Crippen LogP) is 4.98. The molecule has 4 heteroatoms. The molecular weight excluding hydrogens is 350 g/mol. The number of likely N-dealkylation sites (N-methyl/N-ethyl adjacent to an activating group) is 1. The maximum absolute atomic E-state index is 12.4. The molecule has 2 rings (SSSR count). The van der Waals surface area contributed by atoms with Gasteiger partial charge in [-0.3, -0.25) is 9.69 Å². The molecule has 0 saturated carbocycles. The maximum atomic E-state index is 12.4. The van der Waals surface area contributed by atoms with Gasteiger partial charge in [0.15, 0.2) is 5.78 Å². The molecule has 2 aromatic rings. The zero-order valence-corrected chi connectivity index (χ0v) is 14.4. The van der Waals surface area contributed by atoms with Gasteiger partial charge in [0.1, 0.15) is 0 Å². The minimum Gasteiger partial charge on any atom is -0.293 e. The molecule has 21 heavy (non-hydrogen) atoms. The van der Waals surface area contributed by atoms with Gasteiger partial charge in [0.05, 0.1) is 6.54 Å². The average Bonchev–Trinajstić information content (AvgIpc) is 2.47.